The van der Waals surface area contributed by atoms with Crippen LogP contribution in [0.5, 0.6) is 0 Å². The molecule has 0 saturated heterocycles. The summed E-state index contributed by atoms with van der Waals surface area (Å²) in [7, 11) is 1.36. The lowest BCUT2D eigenvalue weighted by molar-refractivity contribution is -0.140. The van der Waals surface area contributed by atoms with Crippen LogP contribution in [0.1, 0.15) is 24.3 Å². The van der Waals surface area contributed by atoms with Gasteiger partial charge in [0.05, 0.1) is 13.2 Å². The van der Waals surface area contributed by atoms with Crippen LogP contribution >= 0.6 is 23.1 Å². The Labute approximate surface area is 132 Å². The number of nitrogens with one attached hydrogen (secondary N) is 1. The standard InChI is InChI=1S/C12H20N4O3S2/c1-19-10(17)5-3-4-9-15-16-12(21-9)14-11(18)8(13)6-7-20-2/h8H,3-7,13H2,1-2H3,(H,14,16,18)/t8-/m0/s1. The van der Waals surface area contributed by atoms with Gasteiger partial charge in [-0.3, -0.25) is 14.9 Å². The maximum absolute atomic E-state index is 11.8. The van der Waals surface area contributed by atoms with Crippen LogP contribution in [0.15, 0.2) is 0 Å². The van der Waals surface area contributed by atoms with E-state index in [-0.39, 0.29) is 11.9 Å². The van der Waals surface area contributed by atoms with E-state index in [9.17, 15) is 9.59 Å². The minimum absolute atomic E-state index is 0.243. The number of aryl methyl sites for hydroxylation is 1. The molecule has 7 nitrogen and oxygen atoms in total. The van der Waals surface area contributed by atoms with Crippen molar-refractivity contribution in [3.8, 4) is 0 Å². The van der Waals surface area contributed by atoms with Crippen molar-refractivity contribution in [1.29, 1.82) is 0 Å². The molecule has 0 aliphatic rings. The van der Waals surface area contributed by atoms with Crippen molar-refractivity contribution in [3.05, 3.63) is 5.01 Å². The highest BCUT2D eigenvalue weighted by molar-refractivity contribution is 7.98. The van der Waals surface area contributed by atoms with Gasteiger partial charge >= 0.3 is 5.97 Å². The molecule has 0 aliphatic carbocycles. The van der Waals surface area contributed by atoms with E-state index in [1.165, 1.54) is 18.4 Å². The summed E-state index contributed by atoms with van der Waals surface area (Å²) >= 11 is 2.94. The molecule has 3 N–H and O–H groups in total. The van der Waals surface area contributed by atoms with Gasteiger partial charge in [0, 0.05) is 12.8 Å². The van der Waals surface area contributed by atoms with Crippen LogP contribution in [0.3, 0.4) is 0 Å². The molecule has 1 heterocycles. The van der Waals surface area contributed by atoms with Gasteiger partial charge < -0.3 is 10.5 Å². The lowest BCUT2D eigenvalue weighted by Gasteiger charge is -2.08. The third kappa shape index (κ3) is 6.87. The first kappa shape index (κ1) is 17.9. The van der Waals surface area contributed by atoms with E-state index in [1.807, 2.05) is 6.26 Å². The largest absolute Gasteiger partial charge is 0.469 e. The van der Waals surface area contributed by atoms with Crippen molar-refractivity contribution in [1.82, 2.24) is 10.2 Å². The molecular weight excluding hydrogens is 312 g/mol. The summed E-state index contributed by atoms with van der Waals surface area (Å²) in [5.74, 6) is 0.345. The van der Waals surface area contributed by atoms with Crippen molar-refractivity contribution in [2.75, 3.05) is 24.4 Å². The van der Waals surface area contributed by atoms with Crippen LogP contribution in [0.4, 0.5) is 5.13 Å². The van der Waals surface area contributed by atoms with E-state index in [2.05, 4.69) is 20.3 Å². The number of thioether (sulfide) groups is 1. The molecule has 0 spiro atoms. The summed E-state index contributed by atoms with van der Waals surface area (Å²) in [6.45, 7) is 0. The van der Waals surface area contributed by atoms with Crippen molar-refractivity contribution < 1.29 is 14.3 Å². The molecule has 1 rings (SSSR count). The second-order valence-corrected chi connectivity index (χ2v) is 6.36. The number of rotatable bonds is 9. The Morgan fingerprint density at radius 1 is 1.48 bits per heavy atom. The molecule has 1 aromatic rings. The van der Waals surface area contributed by atoms with Crippen LogP contribution in [0, 0.1) is 0 Å². The van der Waals surface area contributed by atoms with Gasteiger partial charge in [-0.2, -0.15) is 11.8 Å². The second kappa shape index (κ2) is 9.69. The average molecular weight is 332 g/mol. The molecule has 0 aliphatic heterocycles. The van der Waals surface area contributed by atoms with Gasteiger partial charge in [0.1, 0.15) is 5.01 Å². The number of nitrogens with zero attached hydrogens (tertiary/aromatic N) is 2. The van der Waals surface area contributed by atoms with Crippen molar-refractivity contribution in [2.24, 2.45) is 5.73 Å². The fourth-order valence-corrected chi connectivity index (χ4v) is 2.74. The van der Waals surface area contributed by atoms with Gasteiger partial charge in [-0.15, -0.1) is 10.2 Å². The summed E-state index contributed by atoms with van der Waals surface area (Å²) in [5.41, 5.74) is 5.77. The molecule has 1 amide bonds. The zero-order valence-electron chi connectivity index (χ0n) is 12.1. The first-order valence-corrected chi connectivity index (χ1v) is 8.72. The van der Waals surface area contributed by atoms with Gasteiger partial charge in [-0.25, -0.2) is 0 Å². The lowest BCUT2D eigenvalue weighted by Crippen LogP contribution is -2.36. The molecular formula is C12H20N4O3S2. The average Bonchev–Trinajstić information content (AvgIpc) is 2.91. The monoisotopic (exact) mass is 332 g/mol. The number of carbonyl (C=O) groups is 2. The van der Waals surface area contributed by atoms with Gasteiger partial charge in [0.25, 0.3) is 0 Å². The van der Waals surface area contributed by atoms with Crippen LogP contribution in [-0.2, 0) is 20.7 Å². The summed E-state index contributed by atoms with van der Waals surface area (Å²) in [4.78, 5) is 22.8. The highest BCUT2D eigenvalue weighted by Crippen LogP contribution is 2.17. The Bertz CT molecular complexity index is 467. The molecule has 1 aromatic heterocycles. The smallest absolute Gasteiger partial charge is 0.305 e. The first-order valence-electron chi connectivity index (χ1n) is 6.51. The zero-order valence-corrected chi connectivity index (χ0v) is 13.8. The van der Waals surface area contributed by atoms with Crippen molar-refractivity contribution in [3.63, 3.8) is 0 Å². The SMILES string of the molecule is COC(=O)CCCc1nnc(NC(=O)[C@@H](N)CCSC)s1. The van der Waals surface area contributed by atoms with Crippen molar-refractivity contribution in [2.45, 2.75) is 31.7 Å². The predicted octanol–water partition coefficient (Wildman–Crippen LogP) is 1.05. The quantitative estimate of drug-likeness (QED) is 0.651. The Morgan fingerprint density at radius 2 is 2.24 bits per heavy atom. The number of methoxy groups -OCH3 is 1. The van der Waals surface area contributed by atoms with Gasteiger partial charge in [-0.05, 0) is 24.9 Å². The fraction of sp³-hybridized carbons (Fsp3) is 0.667. The molecule has 0 saturated carbocycles. The minimum Gasteiger partial charge on any atom is -0.469 e. The van der Waals surface area contributed by atoms with Crippen molar-refractivity contribution >= 4 is 40.1 Å². The Balaban J connectivity index is 2.37. The molecule has 1 atom stereocenters. The molecule has 21 heavy (non-hydrogen) atoms. The maximum atomic E-state index is 11.8. The molecule has 0 radical (unpaired) electrons. The van der Waals surface area contributed by atoms with Crippen LogP contribution in [0.25, 0.3) is 0 Å². The molecule has 118 valence electrons. The third-order valence-corrected chi connectivity index (χ3v) is 4.21. The Kier molecular flexibility index (Phi) is 8.24. The fourth-order valence-electron chi connectivity index (χ4n) is 1.47. The van der Waals surface area contributed by atoms with Gasteiger partial charge in [0.2, 0.25) is 11.0 Å². The number of carbonyl (C=O) groups excluding carboxylic acids is 2. The number of hydrogen-bond donors (Lipinski definition) is 2. The van der Waals surface area contributed by atoms with E-state index in [0.717, 1.165) is 10.8 Å². The number of nitrogens with two attached hydrogens (primary N) is 1. The molecule has 0 unspecified atom stereocenters. The van der Waals surface area contributed by atoms with E-state index < -0.39 is 6.04 Å². The summed E-state index contributed by atoms with van der Waals surface area (Å²) in [6.07, 6.45) is 4.20. The van der Waals surface area contributed by atoms with Gasteiger partial charge in [-0.1, -0.05) is 11.3 Å². The number of aromatic nitrogens is 2. The number of hydrogen-bond acceptors (Lipinski definition) is 8. The van der Waals surface area contributed by atoms with Gasteiger partial charge in [0.15, 0.2) is 0 Å². The first-order chi connectivity index (χ1) is 10.1. The summed E-state index contributed by atoms with van der Waals surface area (Å²) in [6, 6.07) is -0.538. The molecule has 0 bridgehead atoms. The normalized spacial score (nSPS) is 12.0. The van der Waals surface area contributed by atoms with Crippen LogP contribution in [-0.4, -0.2) is 47.2 Å². The predicted molar refractivity (Wildman–Crippen MR) is 84.5 cm³/mol. The highest BCUT2D eigenvalue weighted by atomic mass is 32.2. The summed E-state index contributed by atoms with van der Waals surface area (Å²) in [5, 5.41) is 11.7. The number of amides is 1. The summed E-state index contributed by atoms with van der Waals surface area (Å²) < 4.78 is 4.56. The third-order valence-electron chi connectivity index (χ3n) is 2.67. The Morgan fingerprint density at radius 3 is 2.90 bits per heavy atom. The Hall–Kier alpha value is -1.19. The van der Waals surface area contributed by atoms with E-state index in [4.69, 9.17) is 5.73 Å². The van der Waals surface area contributed by atoms with E-state index in [0.29, 0.717) is 30.8 Å². The zero-order chi connectivity index (χ0) is 15.7. The highest BCUT2D eigenvalue weighted by Gasteiger charge is 2.15. The lowest BCUT2D eigenvalue weighted by atomic mass is 10.2. The number of esters is 1. The maximum Gasteiger partial charge on any atom is 0.305 e. The van der Waals surface area contributed by atoms with Crippen LogP contribution < -0.4 is 11.1 Å². The van der Waals surface area contributed by atoms with E-state index in [1.54, 1.807) is 11.8 Å². The topological polar surface area (TPSA) is 107 Å². The molecule has 9 heteroatoms. The number of anilines is 1. The minimum atomic E-state index is -0.538. The van der Waals surface area contributed by atoms with E-state index >= 15 is 0 Å². The van der Waals surface area contributed by atoms with Crippen LogP contribution in [0.2, 0.25) is 0 Å². The molecule has 0 fully saturated rings. The second-order valence-electron chi connectivity index (χ2n) is 4.31. The molecule has 0 aromatic carbocycles. The number of ether oxygens (including phenoxy) is 1.